The lowest BCUT2D eigenvalue weighted by atomic mass is 9.93. The molecular formula is C16H18N2O4. The number of benzene rings is 1. The fraction of sp³-hybridized carbons (Fsp3) is 0.500. The predicted octanol–water partition coefficient (Wildman–Crippen LogP) is 0.353. The van der Waals surface area contributed by atoms with Crippen LogP contribution in [0.5, 0.6) is 5.75 Å². The van der Waals surface area contributed by atoms with E-state index >= 15 is 0 Å². The van der Waals surface area contributed by atoms with E-state index in [2.05, 4.69) is 5.32 Å². The van der Waals surface area contributed by atoms with Crippen LogP contribution in [-0.2, 0) is 16.0 Å². The summed E-state index contributed by atoms with van der Waals surface area (Å²) in [5.41, 5.74) is 1.26. The molecule has 22 heavy (non-hydrogen) atoms. The Hall–Kier alpha value is -2.08. The molecule has 3 heterocycles. The van der Waals surface area contributed by atoms with Crippen molar-refractivity contribution in [2.75, 3.05) is 32.9 Å². The normalized spacial score (nSPS) is 22.4. The first-order valence-corrected chi connectivity index (χ1v) is 7.61. The number of amides is 2. The van der Waals surface area contributed by atoms with Gasteiger partial charge < -0.3 is 19.7 Å². The Balaban J connectivity index is 1.69. The number of fused-ring (bicyclic) bond motifs is 1. The van der Waals surface area contributed by atoms with Crippen molar-refractivity contribution < 1.29 is 19.1 Å². The largest absolute Gasteiger partial charge is 0.492 e. The van der Waals surface area contributed by atoms with Crippen LogP contribution in [0.25, 0.3) is 0 Å². The SMILES string of the molecule is O=C1CCN(C(=O)c2cccc3c2OCC3)C2(CN1)COC2. The van der Waals surface area contributed by atoms with E-state index in [4.69, 9.17) is 9.47 Å². The molecule has 0 atom stereocenters. The molecule has 116 valence electrons. The molecular weight excluding hydrogens is 284 g/mol. The lowest BCUT2D eigenvalue weighted by molar-refractivity contribution is -0.124. The van der Waals surface area contributed by atoms with Gasteiger partial charge in [-0.15, -0.1) is 0 Å². The minimum absolute atomic E-state index is 0.0175. The minimum Gasteiger partial charge on any atom is -0.492 e. The smallest absolute Gasteiger partial charge is 0.258 e. The molecule has 0 radical (unpaired) electrons. The van der Waals surface area contributed by atoms with E-state index in [1.807, 2.05) is 12.1 Å². The molecule has 0 saturated carbocycles. The van der Waals surface area contributed by atoms with Gasteiger partial charge in [0, 0.05) is 25.9 Å². The topological polar surface area (TPSA) is 67.9 Å². The van der Waals surface area contributed by atoms with Gasteiger partial charge in [0.15, 0.2) is 0 Å². The molecule has 6 nitrogen and oxygen atoms in total. The zero-order chi connectivity index (χ0) is 15.2. The van der Waals surface area contributed by atoms with Crippen molar-refractivity contribution in [3.05, 3.63) is 29.3 Å². The Morgan fingerprint density at radius 2 is 2.14 bits per heavy atom. The molecule has 0 unspecified atom stereocenters. The molecule has 1 spiro atoms. The van der Waals surface area contributed by atoms with Gasteiger partial charge in [-0.25, -0.2) is 0 Å². The minimum atomic E-state index is -0.412. The van der Waals surface area contributed by atoms with Crippen molar-refractivity contribution in [1.29, 1.82) is 0 Å². The van der Waals surface area contributed by atoms with Crippen LogP contribution in [0, 0.1) is 0 Å². The Kier molecular flexibility index (Phi) is 3.07. The summed E-state index contributed by atoms with van der Waals surface area (Å²) in [6, 6.07) is 5.70. The van der Waals surface area contributed by atoms with Crippen molar-refractivity contribution in [2.24, 2.45) is 0 Å². The van der Waals surface area contributed by atoms with Gasteiger partial charge in [-0.2, -0.15) is 0 Å². The lowest BCUT2D eigenvalue weighted by Gasteiger charge is -2.48. The average Bonchev–Trinajstić information content (AvgIpc) is 2.89. The highest BCUT2D eigenvalue weighted by atomic mass is 16.5. The summed E-state index contributed by atoms with van der Waals surface area (Å²) in [7, 11) is 0. The zero-order valence-electron chi connectivity index (χ0n) is 12.3. The molecule has 2 fully saturated rings. The van der Waals surface area contributed by atoms with Gasteiger partial charge >= 0.3 is 0 Å². The van der Waals surface area contributed by atoms with Crippen molar-refractivity contribution in [1.82, 2.24) is 10.2 Å². The van der Waals surface area contributed by atoms with Crippen molar-refractivity contribution in [2.45, 2.75) is 18.4 Å². The van der Waals surface area contributed by atoms with Crippen molar-refractivity contribution in [3.63, 3.8) is 0 Å². The first kappa shape index (κ1) is 13.6. The third kappa shape index (κ3) is 1.98. The fourth-order valence-electron chi connectivity index (χ4n) is 3.34. The van der Waals surface area contributed by atoms with Crippen LogP contribution in [0.2, 0.25) is 0 Å². The third-order valence-corrected chi connectivity index (χ3v) is 4.68. The molecule has 3 aliphatic heterocycles. The zero-order valence-corrected chi connectivity index (χ0v) is 12.3. The molecule has 4 rings (SSSR count). The van der Waals surface area contributed by atoms with E-state index in [9.17, 15) is 9.59 Å². The monoisotopic (exact) mass is 302 g/mol. The molecule has 0 aliphatic carbocycles. The molecule has 0 aromatic heterocycles. The van der Waals surface area contributed by atoms with Gasteiger partial charge in [0.2, 0.25) is 5.91 Å². The van der Waals surface area contributed by atoms with Crippen LogP contribution >= 0.6 is 0 Å². The van der Waals surface area contributed by atoms with Crippen LogP contribution in [0.4, 0.5) is 0 Å². The first-order chi connectivity index (χ1) is 10.7. The summed E-state index contributed by atoms with van der Waals surface area (Å²) in [5, 5.41) is 2.88. The summed E-state index contributed by atoms with van der Waals surface area (Å²) in [6.45, 7) is 2.42. The number of nitrogens with zero attached hydrogens (tertiary/aromatic N) is 1. The van der Waals surface area contributed by atoms with E-state index in [0.29, 0.717) is 50.6 Å². The Bertz CT molecular complexity index is 639. The maximum absolute atomic E-state index is 13.1. The average molecular weight is 302 g/mol. The Labute approximate surface area is 128 Å². The van der Waals surface area contributed by atoms with Crippen LogP contribution in [0.3, 0.4) is 0 Å². The molecule has 6 heteroatoms. The van der Waals surface area contributed by atoms with Gasteiger partial charge in [0.25, 0.3) is 5.91 Å². The van der Waals surface area contributed by atoms with Crippen LogP contribution in [0.1, 0.15) is 22.3 Å². The Morgan fingerprint density at radius 3 is 2.91 bits per heavy atom. The number of carbonyl (C=O) groups is 2. The maximum atomic E-state index is 13.1. The van der Waals surface area contributed by atoms with E-state index in [1.54, 1.807) is 11.0 Å². The number of hydrogen-bond acceptors (Lipinski definition) is 4. The standard InChI is InChI=1S/C16H18N2O4/c19-13-4-6-18(16(8-17-13)9-21-10-16)15(20)12-3-1-2-11-5-7-22-14(11)12/h1-3H,4-10H2,(H,17,19). The van der Waals surface area contributed by atoms with Crippen molar-refractivity contribution in [3.8, 4) is 5.75 Å². The molecule has 1 aromatic rings. The maximum Gasteiger partial charge on any atom is 0.258 e. The van der Waals surface area contributed by atoms with E-state index in [0.717, 1.165) is 12.0 Å². The second kappa shape index (κ2) is 4.98. The van der Waals surface area contributed by atoms with E-state index in [1.165, 1.54) is 0 Å². The number of nitrogens with one attached hydrogen (secondary N) is 1. The molecule has 1 N–H and O–H groups in total. The van der Waals surface area contributed by atoms with Gasteiger partial charge in [-0.3, -0.25) is 9.59 Å². The number of carbonyl (C=O) groups excluding carboxylic acids is 2. The second-order valence-corrected chi connectivity index (χ2v) is 6.09. The molecule has 0 bridgehead atoms. The summed E-state index contributed by atoms with van der Waals surface area (Å²) in [6.07, 6.45) is 1.16. The van der Waals surface area contributed by atoms with E-state index in [-0.39, 0.29) is 11.8 Å². The quantitative estimate of drug-likeness (QED) is 0.813. The number of hydrogen-bond donors (Lipinski definition) is 1. The summed E-state index contributed by atoms with van der Waals surface area (Å²) >= 11 is 0. The first-order valence-electron chi connectivity index (χ1n) is 7.61. The molecule has 2 saturated heterocycles. The summed E-state index contributed by atoms with van der Waals surface area (Å²) in [5.74, 6) is 0.612. The number of para-hydroxylation sites is 1. The van der Waals surface area contributed by atoms with Crippen LogP contribution in [-0.4, -0.2) is 55.2 Å². The summed E-state index contributed by atoms with van der Waals surface area (Å²) in [4.78, 5) is 26.6. The number of ether oxygens (including phenoxy) is 2. The third-order valence-electron chi connectivity index (χ3n) is 4.68. The lowest BCUT2D eigenvalue weighted by Crippen LogP contribution is -2.67. The predicted molar refractivity (Wildman–Crippen MR) is 77.9 cm³/mol. The summed E-state index contributed by atoms with van der Waals surface area (Å²) < 4.78 is 11.0. The highest BCUT2D eigenvalue weighted by Gasteiger charge is 2.48. The number of rotatable bonds is 1. The highest BCUT2D eigenvalue weighted by Crippen LogP contribution is 2.34. The molecule has 2 amide bonds. The molecule has 1 aromatic carbocycles. The fourth-order valence-corrected chi connectivity index (χ4v) is 3.34. The van der Waals surface area contributed by atoms with E-state index < -0.39 is 5.54 Å². The van der Waals surface area contributed by atoms with Crippen molar-refractivity contribution >= 4 is 11.8 Å². The van der Waals surface area contributed by atoms with Gasteiger partial charge in [-0.1, -0.05) is 12.1 Å². The van der Waals surface area contributed by atoms with Gasteiger partial charge in [0.1, 0.15) is 11.3 Å². The Morgan fingerprint density at radius 1 is 1.27 bits per heavy atom. The molecule has 3 aliphatic rings. The van der Waals surface area contributed by atoms with Crippen LogP contribution in [0.15, 0.2) is 18.2 Å². The van der Waals surface area contributed by atoms with Crippen LogP contribution < -0.4 is 10.1 Å². The highest BCUT2D eigenvalue weighted by molar-refractivity contribution is 5.98. The van der Waals surface area contributed by atoms with Gasteiger partial charge in [-0.05, 0) is 11.6 Å². The second-order valence-electron chi connectivity index (χ2n) is 6.09. The van der Waals surface area contributed by atoms with Gasteiger partial charge in [0.05, 0.1) is 25.4 Å².